The van der Waals surface area contributed by atoms with Gasteiger partial charge in [0.15, 0.2) is 0 Å². The lowest BCUT2D eigenvalue weighted by molar-refractivity contribution is 0.400. The topological polar surface area (TPSA) is 62.8 Å². The quantitative estimate of drug-likeness (QED) is 0.751. The predicted octanol–water partition coefficient (Wildman–Crippen LogP) is 2.58. The first-order valence-electron chi connectivity index (χ1n) is 6.01. The molecule has 2 N–H and O–H groups in total. The molecule has 0 aliphatic rings. The van der Waals surface area contributed by atoms with Crippen molar-refractivity contribution in [3.63, 3.8) is 0 Å². The SMILES string of the molecule is COc1ncc2cc[nH]c2c1NCc1cccnc1. The fraction of sp³-hybridized carbons (Fsp3) is 0.143. The third-order valence-electron chi connectivity index (χ3n) is 2.95. The van der Waals surface area contributed by atoms with Crippen LogP contribution in [0.5, 0.6) is 5.88 Å². The molecule has 0 saturated heterocycles. The predicted molar refractivity (Wildman–Crippen MR) is 74.2 cm³/mol. The largest absolute Gasteiger partial charge is 0.479 e. The fourth-order valence-corrected chi connectivity index (χ4v) is 2.02. The summed E-state index contributed by atoms with van der Waals surface area (Å²) in [5.74, 6) is 0.582. The van der Waals surface area contributed by atoms with Crippen molar-refractivity contribution >= 4 is 16.6 Å². The molecular weight excluding hydrogens is 240 g/mol. The van der Waals surface area contributed by atoms with Gasteiger partial charge in [0, 0.05) is 36.7 Å². The van der Waals surface area contributed by atoms with Crippen LogP contribution in [-0.4, -0.2) is 22.1 Å². The van der Waals surface area contributed by atoms with E-state index in [0.717, 1.165) is 22.2 Å². The Bertz CT molecular complexity index is 678. The molecule has 0 unspecified atom stereocenters. The molecule has 0 spiro atoms. The van der Waals surface area contributed by atoms with E-state index in [1.165, 1.54) is 0 Å². The standard InChI is InChI=1S/C14H14N4O/c1-19-14-13(12-11(9-18-14)4-6-16-12)17-8-10-3-2-5-15-7-10/h2-7,9,16-17H,8H2,1H3. The molecule has 0 saturated carbocycles. The molecule has 19 heavy (non-hydrogen) atoms. The number of ether oxygens (including phenoxy) is 1. The van der Waals surface area contributed by atoms with Crippen molar-refractivity contribution in [2.24, 2.45) is 0 Å². The summed E-state index contributed by atoms with van der Waals surface area (Å²) < 4.78 is 5.30. The van der Waals surface area contributed by atoms with Crippen LogP contribution in [0.1, 0.15) is 5.56 Å². The first-order valence-corrected chi connectivity index (χ1v) is 6.01. The lowest BCUT2D eigenvalue weighted by Gasteiger charge is -2.11. The number of rotatable bonds is 4. The second-order valence-corrected chi connectivity index (χ2v) is 4.17. The number of fused-ring (bicyclic) bond motifs is 1. The zero-order valence-electron chi connectivity index (χ0n) is 10.6. The van der Waals surface area contributed by atoms with Gasteiger partial charge >= 0.3 is 0 Å². The van der Waals surface area contributed by atoms with Crippen molar-refractivity contribution in [2.75, 3.05) is 12.4 Å². The molecule has 0 aromatic carbocycles. The summed E-state index contributed by atoms with van der Waals surface area (Å²) in [6.45, 7) is 0.671. The van der Waals surface area contributed by atoms with Crippen LogP contribution in [-0.2, 0) is 6.54 Å². The zero-order chi connectivity index (χ0) is 13.1. The number of aromatic amines is 1. The molecule has 0 aliphatic heterocycles. The highest BCUT2D eigenvalue weighted by Crippen LogP contribution is 2.30. The first kappa shape index (κ1) is 11.5. The lowest BCUT2D eigenvalue weighted by Crippen LogP contribution is -2.03. The van der Waals surface area contributed by atoms with Crippen molar-refractivity contribution in [3.05, 3.63) is 48.5 Å². The Balaban J connectivity index is 1.92. The Labute approximate surface area is 110 Å². The molecule has 5 heteroatoms. The average molecular weight is 254 g/mol. The summed E-state index contributed by atoms with van der Waals surface area (Å²) >= 11 is 0. The van der Waals surface area contributed by atoms with Gasteiger partial charge in [-0.3, -0.25) is 4.98 Å². The van der Waals surface area contributed by atoms with Crippen LogP contribution in [0.15, 0.2) is 43.0 Å². The molecule has 96 valence electrons. The summed E-state index contributed by atoms with van der Waals surface area (Å²) in [6.07, 6.45) is 7.28. The van der Waals surface area contributed by atoms with E-state index in [4.69, 9.17) is 4.74 Å². The molecule has 0 fully saturated rings. The van der Waals surface area contributed by atoms with Crippen molar-refractivity contribution < 1.29 is 4.74 Å². The van der Waals surface area contributed by atoms with E-state index in [9.17, 15) is 0 Å². The Morgan fingerprint density at radius 1 is 1.32 bits per heavy atom. The van der Waals surface area contributed by atoms with Crippen LogP contribution in [0.25, 0.3) is 10.9 Å². The highest BCUT2D eigenvalue weighted by atomic mass is 16.5. The molecule has 0 radical (unpaired) electrons. The lowest BCUT2D eigenvalue weighted by atomic mass is 10.2. The summed E-state index contributed by atoms with van der Waals surface area (Å²) in [5, 5.41) is 4.40. The van der Waals surface area contributed by atoms with Gasteiger partial charge in [-0.2, -0.15) is 0 Å². The van der Waals surface area contributed by atoms with E-state index < -0.39 is 0 Å². The Morgan fingerprint density at radius 2 is 2.26 bits per heavy atom. The maximum Gasteiger partial charge on any atom is 0.239 e. The van der Waals surface area contributed by atoms with E-state index >= 15 is 0 Å². The van der Waals surface area contributed by atoms with Gasteiger partial charge in [0.05, 0.1) is 12.6 Å². The number of methoxy groups -OCH3 is 1. The van der Waals surface area contributed by atoms with Crippen LogP contribution < -0.4 is 10.1 Å². The van der Waals surface area contributed by atoms with E-state index in [-0.39, 0.29) is 0 Å². The number of aromatic nitrogens is 3. The summed E-state index contributed by atoms with van der Waals surface area (Å²) in [4.78, 5) is 11.6. The summed E-state index contributed by atoms with van der Waals surface area (Å²) in [7, 11) is 1.62. The number of hydrogen-bond acceptors (Lipinski definition) is 4. The average Bonchev–Trinajstić information content (AvgIpc) is 2.94. The smallest absolute Gasteiger partial charge is 0.239 e. The van der Waals surface area contributed by atoms with E-state index in [2.05, 4.69) is 20.3 Å². The van der Waals surface area contributed by atoms with Gasteiger partial charge in [-0.1, -0.05) is 6.07 Å². The monoisotopic (exact) mass is 254 g/mol. The normalized spacial score (nSPS) is 10.6. The molecule has 0 amide bonds. The van der Waals surface area contributed by atoms with Gasteiger partial charge in [0.2, 0.25) is 5.88 Å². The Kier molecular flexibility index (Phi) is 3.02. The highest BCUT2D eigenvalue weighted by molar-refractivity contribution is 5.92. The highest BCUT2D eigenvalue weighted by Gasteiger charge is 2.10. The molecule has 3 rings (SSSR count). The summed E-state index contributed by atoms with van der Waals surface area (Å²) in [6, 6.07) is 5.92. The van der Waals surface area contributed by atoms with Crippen molar-refractivity contribution in [3.8, 4) is 5.88 Å². The maximum atomic E-state index is 5.30. The zero-order valence-corrected chi connectivity index (χ0v) is 10.6. The number of pyridine rings is 2. The number of anilines is 1. The molecule has 3 aromatic heterocycles. The Hall–Kier alpha value is -2.56. The van der Waals surface area contributed by atoms with Crippen LogP contribution in [0.3, 0.4) is 0 Å². The van der Waals surface area contributed by atoms with Gasteiger partial charge in [0.25, 0.3) is 0 Å². The minimum absolute atomic E-state index is 0.582. The second-order valence-electron chi connectivity index (χ2n) is 4.17. The molecule has 3 aromatic rings. The molecular formula is C14H14N4O. The number of H-pyrrole nitrogens is 1. The third kappa shape index (κ3) is 2.22. The first-order chi connectivity index (χ1) is 9.38. The minimum Gasteiger partial charge on any atom is -0.479 e. The van der Waals surface area contributed by atoms with Crippen molar-refractivity contribution in [1.82, 2.24) is 15.0 Å². The van der Waals surface area contributed by atoms with Gasteiger partial charge in [-0.25, -0.2) is 4.98 Å². The van der Waals surface area contributed by atoms with E-state index in [0.29, 0.717) is 12.4 Å². The van der Waals surface area contributed by atoms with Crippen molar-refractivity contribution in [1.29, 1.82) is 0 Å². The fourth-order valence-electron chi connectivity index (χ4n) is 2.02. The molecule has 5 nitrogen and oxygen atoms in total. The van der Waals surface area contributed by atoms with E-state index in [1.54, 1.807) is 19.5 Å². The molecule has 0 atom stereocenters. The van der Waals surface area contributed by atoms with Gasteiger partial charge in [-0.05, 0) is 17.7 Å². The van der Waals surface area contributed by atoms with Crippen LogP contribution in [0, 0.1) is 0 Å². The number of hydrogen-bond donors (Lipinski definition) is 2. The Morgan fingerprint density at radius 3 is 3.05 bits per heavy atom. The maximum absolute atomic E-state index is 5.30. The van der Waals surface area contributed by atoms with Crippen molar-refractivity contribution in [2.45, 2.75) is 6.54 Å². The minimum atomic E-state index is 0.582. The van der Waals surface area contributed by atoms with Crippen LogP contribution in [0.2, 0.25) is 0 Å². The van der Waals surface area contributed by atoms with Gasteiger partial charge in [-0.15, -0.1) is 0 Å². The van der Waals surface area contributed by atoms with Gasteiger partial charge in [0.1, 0.15) is 5.69 Å². The van der Waals surface area contributed by atoms with Gasteiger partial charge < -0.3 is 15.0 Å². The molecule has 3 heterocycles. The van der Waals surface area contributed by atoms with Crippen LogP contribution in [0.4, 0.5) is 5.69 Å². The second kappa shape index (κ2) is 4.97. The number of nitrogens with zero attached hydrogens (tertiary/aromatic N) is 2. The van der Waals surface area contributed by atoms with Crippen LogP contribution >= 0.6 is 0 Å². The third-order valence-corrected chi connectivity index (χ3v) is 2.95. The summed E-state index contributed by atoms with van der Waals surface area (Å²) in [5.41, 5.74) is 2.97. The molecule has 0 aliphatic carbocycles. The van der Waals surface area contributed by atoms with E-state index in [1.807, 2.05) is 30.6 Å². The number of nitrogens with one attached hydrogen (secondary N) is 2. The molecule has 0 bridgehead atoms.